The number of likely N-dealkylation sites (tertiary alicyclic amines) is 1. The molecular formula is C17H23N3O3. The standard InChI is InChI=1S/C17H23N3O3/c1-23-15-5-3-2-4-14(15)19-16(21)12-6-8-20(9-7-12)17(22)13-10-18-11-13/h2-5,12-13,18H,6-11H2,1H3,(H,19,21). The van der Waals surface area contributed by atoms with Crippen LogP contribution in [0, 0.1) is 11.8 Å². The number of hydrogen-bond acceptors (Lipinski definition) is 4. The van der Waals surface area contributed by atoms with Gasteiger partial charge in [-0.3, -0.25) is 9.59 Å². The molecule has 2 amide bonds. The molecule has 2 heterocycles. The number of methoxy groups -OCH3 is 1. The summed E-state index contributed by atoms with van der Waals surface area (Å²) in [4.78, 5) is 26.5. The van der Waals surface area contributed by atoms with Crippen molar-refractivity contribution in [3.63, 3.8) is 0 Å². The van der Waals surface area contributed by atoms with Crippen molar-refractivity contribution >= 4 is 17.5 Å². The van der Waals surface area contributed by atoms with Crippen LogP contribution in [0.15, 0.2) is 24.3 Å². The molecule has 1 aromatic carbocycles. The highest BCUT2D eigenvalue weighted by atomic mass is 16.5. The van der Waals surface area contributed by atoms with Gasteiger partial charge in [-0.05, 0) is 25.0 Å². The second-order valence-corrected chi connectivity index (χ2v) is 6.14. The first kappa shape index (κ1) is 15.8. The van der Waals surface area contributed by atoms with Crippen LogP contribution in [0.1, 0.15) is 12.8 Å². The molecule has 1 aromatic rings. The van der Waals surface area contributed by atoms with Crippen LogP contribution in [0.5, 0.6) is 5.75 Å². The molecule has 3 rings (SSSR count). The van der Waals surface area contributed by atoms with Gasteiger partial charge in [0, 0.05) is 32.1 Å². The molecule has 0 aliphatic carbocycles. The first-order chi connectivity index (χ1) is 11.2. The fraction of sp³-hybridized carbons (Fsp3) is 0.529. The summed E-state index contributed by atoms with van der Waals surface area (Å²) >= 11 is 0. The number of piperidine rings is 1. The molecule has 2 aliphatic heterocycles. The Morgan fingerprint density at radius 2 is 1.87 bits per heavy atom. The van der Waals surface area contributed by atoms with Crippen LogP contribution >= 0.6 is 0 Å². The number of nitrogens with one attached hydrogen (secondary N) is 2. The lowest BCUT2D eigenvalue weighted by Crippen LogP contribution is -2.53. The molecule has 0 bridgehead atoms. The molecule has 2 fully saturated rings. The van der Waals surface area contributed by atoms with E-state index in [1.807, 2.05) is 29.2 Å². The summed E-state index contributed by atoms with van der Waals surface area (Å²) in [5.41, 5.74) is 0.694. The van der Waals surface area contributed by atoms with E-state index in [4.69, 9.17) is 4.74 Å². The Hall–Kier alpha value is -2.08. The molecule has 0 atom stereocenters. The maximum absolute atomic E-state index is 12.4. The Balaban J connectivity index is 1.53. The summed E-state index contributed by atoms with van der Waals surface area (Å²) in [5, 5.41) is 6.07. The highest BCUT2D eigenvalue weighted by Crippen LogP contribution is 2.26. The van der Waals surface area contributed by atoms with E-state index in [-0.39, 0.29) is 23.7 Å². The minimum atomic E-state index is -0.0523. The van der Waals surface area contributed by atoms with E-state index in [1.165, 1.54) is 0 Å². The normalized spacial score (nSPS) is 19.1. The molecule has 6 heteroatoms. The van der Waals surface area contributed by atoms with Crippen molar-refractivity contribution in [3.8, 4) is 5.75 Å². The van der Waals surface area contributed by atoms with Gasteiger partial charge in [0.25, 0.3) is 0 Å². The van der Waals surface area contributed by atoms with Gasteiger partial charge in [-0.1, -0.05) is 12.1 Å². The predicted molar refractivity (Wildman–Crippen MR) is 87.3 cm³/mol. The lowest BCUT2D eigenvalue weighted by molar-refractivity contribution is -0.139. The number of anilines is 1. The maximum atomic E-state index is 12.4. The number of benzene rings is 1. The number of amides is 2. The first-order valence-electron chi connectivity index (χ1n) is 8.12. The number of nitrogens with zero attached hydrogens (tertiary/aromatic N) is 1. The quantitative estimate of drug-likeness (QED) is 0.872. The van der Waals surface area contributed by atoms with Crippen molar-refractivity contribution in [2.45, 2.75) is 12.8 Å². The van der Waals surface area contributed by atoms with Crippen LogP contribution in [0.25, 0.3) is 0 Å². The van der Waals surface area contributed by atoms with Gasteiger partial charge in [0.05, 0.1) is 18.7 Å². The van der Waals surface area contributed by atoms with E-state index >= 15 is 0 Å². The second kappa shape index (κ2) is 7.00. The summed E-state index contributed by atoms with van der Waals surface area (Å²) in [6.45, 7) is 2.90. The van der Waals surface area contributed by atoms with Gasteiger partial charge in [0.2, 0.25) is 11.8 Å². The van der Waals surface area contributed by atoms with E-state index in [2.05, 4.69) is 10.6 Å². The van der Waals surface area contributed by atoms with E-state index in [0.29, 0.717) is 37.4 Å². The molecular weight excluding hydrogens is 294 g/mol. The SMILES string of the molecule is COc1ccccc1NC(=O)C1CCN(C(=O)C2CNC2)CC1. The Bertz CT molecular complexity index is 578. The fourth-order valence-corrected chi connectivity index (χ4v) is 3.07. The number of hydrogen-bond donors (Lipinski definition) is 2. The summed E-state index contributed by atoms with van der Waals surface area (Å²) in [5.74, 6) is 0.975. The van der Waals surface area contributed by atoms with Crippen LogP contribution < -0.4 is 15.4 Å². The molecule has 0 unspecified atom stereocenters. The highest BCUT2D eigenvalue weighted by molar-refractivity contribution is 5.94. The molecule has 0 aromatic heterocycles. The number of carbonyl (C=O) groups is 2. The smallest absolute Gasteiger partial charge is 0.228 e. The van der Waals surface area contributed by atoms with Gasteiger partial charge in [0.15, 0.2) is 0 Å². The monoisotopic (exact) mass is 317 g/mol. The Labute approximate surface area is 136 Å². The van der Waals surface area contributed by atoms with Crippen LogP contribution in [0.4, 0.5) is 5.69 Å². The number of carbonyl (C=O) groups excluding carboxylic acids is 2. The summed E-state index contributed by atoms with van der Waals surface area (Å²) in [6, 6.07) is 7.39. The van der Waals surface area contributed by atoms with Gasteiger partial charge in [-0.2, -0.15) is 0 Å². The zero-order valence-electron chi connectivity index (χ0n) is 13.4. The third-order valence-electron chi connectivity index (χ3n) is 4.67. The van der Waals surface area contributed by atoms with Crippen LogP contribution in [0.3, 0.4) is 0 Å². The third-order valence-corrected chi connectivity index (χ3v) is 4.67. The number of rotatable bonds is 4. The minimum Gasteiger partial charge on any atom is -0.495 e. The zero-order chi connectivity index (χ0) is 16.2. The van der Waals surface area contributed by atoms with Crippen molar-refractivity contribution in [3.05, 3.63) is 24.3 Å². The van der Waals surface area contributed by atoms with E-state index in [9.17, 15) is 9.59 Å². The van der Waals surface area contributed by atoms with Gasteiger partial charge >= 0.3 is 0 Å². The molecule has 0 spiro atoms. The van der Waals surface area contributed by atoms with Crippen LogP contribution in [-0.2, 0) is 9.59 Å². The van der Waals surface area contributed by atoms with Gasteiger partial charge in [0.1, 0.15) is 5.75 Å². The summed E-state index contributed by atoms with van der Waals surface area (Å²) in [7, 11) is 1.59. The van der Waals surface area contributed by atoms with Crippen molar-refractivity contribution in [1.29, 1.82) is 0 Å². The summed E-state index contributed by atoms with van der Waals surface area (Å²) in [6.07, 6.45) is 1.43. The highest BCUT2D eigenvalue weighted by Gasteiger charge is 2.33. The molecule has 2 aliphatic rings. The van der Waals surface area contributed by atoms with Crippen LogP contribution in [0.2, 0.25) is 0 Å². The summed E-state index contributed by atoms with van der Waals surface area (Å²) < 4.78 is 5.25. The molecule has 0 radical (unpaired) electrons. The molecule has 0 saturated carbocycles. The second-order valence-electron chi connectivity index (χ2n) is 6.14. The topological polar surface area (TPSA) is 70.7 Å². The average molecular weight is 317 g/mol. The Kier molecular flexibility index (Phi) is 4.81. The number of ether oxygens (including phenoxy) is 1. The Morgan fingerprint density at radius 1 is 1.17 bits per heavy atom. The molecule has 2 N–H and O–H groups in total. The van der Waals surface area contributed by atoms with E-state index < -0.39 is 0 Å². The fourth-order valence-electron chi connectivity index (χ4n) is 3.07. The molecule has 124 valence electrons. The van der Waals surface area contributed by atoms with Crippen molar-refractivity contribution in [2.24, 2.45) is 11.8 Å². The number of para-hydroxylation sites is 2. The van der Waals surface area contributed by atoms with E-state index in [0.717, 1.165) is 13.1 Å². The lowest BCUT2D eigenvalue weighted by Gasteiger charge is -2.36. The van der Waals surface area contributed by atoms with Crippen molar-refractivity contribution in [2.75, 3.05) is 38.6 Å². The third kappa shape index (κ3) is 3.47. The van der Waals surface area contributed by atoms with E-state index in [1.54, 1.807) is 7.11 Å². The van der Waals surface area contributed by atoms with Crippen LogP contribution in [-0.4, -0.2) is 50.0 Å². The minimum absolute atomic E-state index is 0.00640. The lowest BCUT2D eigenvalue weighted by atomic mass is 9.93. The molecule has 6 nitrogen and oxygen atoms in total. The van der Waals surface area contributed by atoms with Gasteiger partial charge < -0.3 is 20.3 Å². The average Bonchev–Trinajstić information content (AvgIpc) is 2.54. The van der Waals surface area contributed by atoms with Crippen molar-refractivity contribution in [1.82, 2.24) is 10.2 Å². The molecule has 23 heavy (non-hydrogen) atoms. The maximum Gasteiger partial charge on any atom is 0.228 e. The van der Waals surface area contributed by atoms with Gasteiger partial charge in [-0.25, -0.2) is 0 Å². The predicted octanol–water partition coefficient (Wildman–Crippen LogP) is 1.09. The first-order valence-corrected chi connectivity index (χ1v) is 8.12. The zero-order valence-corrected chi connectivity index (χ0v) is 13.4. The van der Waals surface area contributed by atoms with Gasteiger partial charge in [-0.15, -0.1) is 0 Å². The molecule has 2 saturated heterocycles. The van der Waals surface area contributed by atoms with Crippen molar-refractivity contribution < 1.29 is 14.3 Å². The largest absolute Gasteiger partial charge is 0.495 e. The Morgan fingerprint density at radius 3 is 2.48 bits per heavy atom.